The van der Waals surface area contributed by atoms with Crippen molar-refractivity contribution in [2.75, 3.05) is 0 Å². The minimum absolute atomic E-state index is 0.187. The molecule has 1 unspecified atom stereocenters. The molecule has 0 aliphatic carbocycles. The number of rotatable bonds is 3. The van der Waals surface area contributed by atoms with Crippen LogP contribution in [0.5, 0.6) is 0 Å². The summed E-state index contributed by atoms with van der Waals surface area (Å²) < 4.78 is 13.5. The van der Waals surface area contributed by atoms with Crippen LogP contribution < -0.4 is 5.73 Å². The number of nitrogens with zero attached hydrogens (tertiary/aromatic N) is 2. The number of halogens is 2. The summed E-state index contributed by atoms with van der Waals surface area (Å²) in [6.07, 6.45) is 5.46. The summed E-state index contributed by atoms with van der Waals surface area (Å²) in [5, 5.41) is 0. The number of hydrogen-bond acceptors (Lipinski definition) is 3. The van der Waals surface area contributed by atoms with Gasteiger partial charge in [0, 0.05) is 24.0 Å². The van der Waals surface area contributed by atoms with Crippen molar-refractivity contribution in [1.82, 2.24) is 9.97 Å². The normalized spacial score (nSPS) is 12.4. The van der Waals surface area contributed by atoms with Crippen LogP contribution in [0, 0.1) is 5.82 Å². The highest BCUT2D eigenvalue weighted by molar-refractivity contribution is 9.10. The van der Waals surface area contributed by atoms with Crippen molar-refractivity contribution in [1.29, 1.82) is 0 Å². The highest BCUT2D eigenvalue weighted by Gasteiger charge is 2.09. The van der Waals surface area contributed by atoms with Crippen molar-refractivity contribution in [2.24, 2.45) is 5.73 Å². The van der Waals surface area contributed by atoms with E-state index in [-0.39, 0.29) is 11.9 Å². The van der Waals surface area contributed by atoms with E-state index in [1.165, 1.54) is 12.4 Å². The lowest BCUT2D eigenvalue weighted by molar-refractivity contribution is 0.618. The first kappa shape index (κ1) is 12.1. The van der Waals surface area contributed by atoms with E-state index in [0.717, 1.165) is 11.1 Å². The molecule has 0 saturated heterocycles. The Balaban J connectivity index is 2.13. The van der Waals surface area contributed by atoms with Gasteiger partial charge in [0.05, 0.1) is 4.47 Å². The molecule has 0 amide bonds. The Bertz CT molecular complexity index is 504. The van der Waals surface area contributed by atoms with Crippen LogP contribution in [0.4, 0.5) is 4.39 Å². The van der Waals surface area contributed by atoms with Crippen LogP contribution in [0.25, 0.3) is 0 Å². The molecule has 1 atom stereocenters. The molecule has 0 saturated carbocycles. The van der Waals surface area contributed by atoms with E-state index in [1.54, 1.807) is 24.5 Å². The zero-order chi connectivity index (χ0) is 12.3. The maximum absolute atomic E-state index is 13.1. The molecule has 17 heavy (non-hydrogen) atoms. The van der Waals surface area contributed by atoms with Crippen molar-refractivity contribution in [3.63, 3.8) is 0 Å². The standard InChI is InChI=1S/C12H11BrFN3/c13-10-3-8(1-2-11(10)14)4-12(15)9-5-16-7-17-6-9/h1-3,5-7,12H,4,15H2. The molecule has 1 aromatic heterocycles. The summed E-state index contributed by atoms with van der Waals surface area (Å²) >= 11 is 3.15. The highest BCUT2D eigenvalue weighted by atomic mass is 79.9. The third kappa shape index (κ3) is 3.08. The lowest BCUT2D eigenvalue weighted by atomic mass is 10.0. The van der Waals surface area contributed by atoms with Gasteiger partial charge in [0.1, 0.15) is 12.1 Å². The number of benzene rings is 1. The molecule has 0 bridgehead atoms. The maximum atomic E-state index is 13.1. The minimum atomic E-state index is -0.273. The van der Waals surface area contributed by atoms with Crippen molar-refractivity contribution in [2.45, 2.75) is 12.5 Å². The van der Waals surface area contributed by atoms with Gasteiger partial charge in [0.15, 0.2) is 0 Å². The molecule has 1 heterocycles. The van der Waals surface area contributed by atoms with E-state index in [4.69, 9.17) is 5.73 Å². The molecule has 0 spiro atoms. The molecule has 1 aromatic carbocycles. The predicted molar refractivity (Wildman–Crippen MR) is 66.8 cm³/mol. The van der Waals surface area contributed by atoms with E-state index in [1.807, 2.05) is 0 Å². The van der Waals surface area contributed by atoms with Gasteiger partial charge >= 0.3 is 0 Å². The Morgan fingerprint density at radius 3 is 2.65 bits per heavy atom. The second-order valence-electron chi connectivity index (χ2n) is 3.73. The average Bonchev–Trinajstić information content (AvgIpc) is 2.35. The Morgan fingerprint density at radius 2 is 2.00 bits per heavy atom. The first-order chi connectivity index (χ1) is 8.16. The fraction of sp³-hybridized carbons (Fsp3) is 0.167. The fourth-order valence-electron chi connectivity index (χ4n) is 1.54. The lowest BCUT2D eigenvalue weighted by Crippen LogP contribution is -2.13. The summed E-state index contributed by atoms with van der Waals surface area (Å²) in [7, 11) is 0. The van der Waals surface area contributed by atoms with Gasteiger partial charge in [-0.05, 0) is 40.0 Å². The molecule has 0 radical (unpaired) electrons. The summed E-state index contributed by atoms with van der Waals surface area (Å²) in [6, 6.07) is 4.70. The van der Waals surface area contributed by atoms with Crippen LogP contribution in [0.15, 0.2) is 41.4 Å². The van der Waals surface area contributed by atoms with Gasteiger partial charge in [-0.1, -0.05) is 6.07 Å². The zero-order valence-electron chi connectivity index (χ0n) is 8.98. The molecular weight excluding hydrogens is 285 g/mol. The zero-order valence-corrected chi connectivity index (χ0v) is 10.6. The van der Waals surface area contributed by atoms with E-state index in [0.29, 0.717) is 10.9 Å². The molecule has 2 rings (SSSR count). The van der Waals surface area contributed by atoms with Crippen molar-refractivity contribution in [3.8, 4) is 0 Å². The Morgan fingerprint density at radius 1 is 1.29 bits per heavy atom. The smallest absolute Gasteiger partial charge is 0.137 e. The third-order valence-electron chi connectivity index (χ3n) is 2.45. The number of nitrogens with two attached hydrogens (primary N) is 1. The first-order valence-corrected chi connectivity index (χ1v) is 5.90. The second kappa shape index (κ2) is 5.33. The van der Waals surface area contributed by atoms with E-state index in [2.05, 4.69) is 25.9 Å². The average molecular weight is 296 g/mol. The Labute approximate surface area is 107 Å². The molecule has 3 nitrogen and oxygen atoms in total. The molecule has 2 N–H and O–H groups in total. The maximum Gasteiger partial charge on any atom is 0.137 e. The van der Waals surface area contributed by atoms with Crippen molar-refractivity contribution >= 4 is 15.9 Å². The van der Waals surface area contributed by atoms with Crippen LogP contribution in [-0.4, -0.2) is 9.97 Å². The van der Waals surface area contributed by atoms with Gasteiger partial charge in [-0.2, -0.15) is 0 Å². The molecule has 5 heteroatoms. The van der Waals surface area contributed by atoms with E-state index in [9.17, 15) is 4.39 Å². The number of aromatic nitrogens is 2. The first-order valence-electron chi connectivity index (χ1n) is 5.11. The minimum Gasteiger partial charge on any atom is -0.324 e. The van der Waals surface area contributed by atoms with Gasteiger partial charge in [0.25, 0.3) is 0 Å². The van der Waals surface area contributed by atoms with E-state index >= 15 is 0 Å². The van der Waals surface area contributed by atoms with Gasteiger partial charge in [0.2, 0.25) is 0 Å². The van der Waals surface area contributed by atoms with Crippen LogP contribution >= 0.6 is 15.9 Å². The second-order valence-corrected chi connectivity index (χ2v) is 4.59. The monoisotopic (exact) mass is 295 g/mol. The quantitative estimate of drug-likeness (QED) is 0.947. The van der Waals surface area contributed by atoms with Crippen molar-refractivity contribution < 1.29 is 4.39 Å². The van der Waals surface area contributed by atoms with Crippen LogP contribution in [0.3, 0.4) is 0 Å². The molecule has 88 valence electrons. The Hall–Kier alpha value is -1.33. The summed E-state index contributed by atoms with van der Waals surface area (Å²) in [5.41, 5.74) is 7.86. The molecular formula is C12H11BrFN3. The van der Waals surface area contributed by atoms with Crippen LogP contribution in [0.1, 0.15) is 17.2 Å². The third-order valence-corrected chi connectivity index (χ3v) is 3.06. The van der Waals surface area contributed by atoms with Gasteiger partial charge in [-0.25, -0.2) is 14.4 Å². The number of hydrogen-bond donors (Lipinski definition) is 1. The fourth-order valence-corrected chi connectivity index (χ4v) is 1.97. The highest BCUT2D eigenvalue weighted by Crippen LogP contribution is 2.20. The van der Waals surface area contributed by atoms with Gasteiger partial charge in [-0.15, -0.1) is 0 Å². The Kier molecular flexibility index (Phi) is 3.81. The molecule has 0 aliphatic rings. The lowest BCUT2D eigenvalue weighted by Gasteiger charge is -2.11. The van der Waals surface area contributed by atoms with Crippen molar-refractivity contribution in [3.05, 3.63) is 58.3 Å². The van der Waals surface area contributed by atoms with Crippen LogP contribution in [0.2, 0.25) is 0 Å². The predicted octanol–water partition coefficient (Wildman–Crippen LogP) is 2.62. The largest absolute Gasteiger partial charge is 0.324 e. The summed E-state index contributed by atoms with van der Waals surface area (Å²) in [4.78, 5) is 7.84. The molecule has 2 aromatic rings. The van der Waals surface area contributed by atoms with Gasteiger partial charge < -0.3 is 5.73 Å². The topological polar surface area (TPSA) is 51.8 Å². The van der Waals surface area contributed by atoms with Crippen LogP contribution in [-0.2, 0) is 6.42 Å². The summed E-state index contributed by atoms with van der Waals surface area (Å²) in [6.45, 7) is 0. The molecule has 0 fully saturated rings. The van der Waals surface area contributed by atoms with Gasteiger partial charge in [-0.3, -0.25) is 0 Å². The molecule has 0 aliphatic heterocycles. The summed E-state index contributed by atoms with van der Waals surface area (Å²) in [5.74, 6) is -0.273. The van der Waals surface area contributed by atoms with E-state index < -0.39 is 0 Å². The SMILES string of the molecule is NC(Cc1ccc(F)c(Br)c1)c1cncnc1.